The number of nitrogens with two attached hydrogens (primary N) is 1. The minimum absolute atomic E-state index is 0. The van der Waals surface area contributed by atoms with E-state index in [9.17, 15) is 9.59 Å². The van der Waals surface area contributed by atoms with E-state index in [1.54, 1.807) is 0 Å². The average Bonchev–Trinajstić information content (AvgIpc) is 2.50. The van der Waals surface area contributed by atoms with Crippen molar-refractivity contribution >= 4 is 24.2 Å². The Hall–Kier alpha value is -0.810. The molecule has 0 aliphatic heterocycles. The number of nitrogens with one attached hydrogen (secondary N) is 2. The summed E-state index contributed by atoms with van der Waals surface area (Å²) in [6, 6.07) is -0.547. The van der Waals surface area contributed by atoms with Crippen molar-refractivity contribution in [3.63, 3.8) is 0 Å². The van der Waals surface area contributed by atoms with E-state index in [2.05, 4.69) is 10.6 Å². The maximum Gasteiger partial charge on any atom is 0.243 e. The van der Waals surface area contributed by atoms with Crippen LogP contribution in [-0.4, -0.2) is 30.4 Å². The highest BCUT2D eigenvalue weighted by Gasteiger charge is 2.55. The van der Waals surface area contributed by atoms with Crippen LogP contribution in [0.5, 0.6) is 0 Å². The van der Waals surface area contributed by atoms with Crippen LogP contribution in [0.2, 0.25) is 0 Å². The molecule has 4 fully saturated rings. The molecular formula is C19H34ClN3O2. The van der Waals surface area contributed by atoms with E-state index in [1.807, 2.05) is 20.8 Å². The van der Waals surface area contributed by atoms with Gasteiger partial charge < -0.3 is 16.4 Å². The first-order valence-corrected chi connectivity index (χ1v) is 9.64. The molecule has 4 aliphatic rings. The highest BCUT2D eigenvalue weighted by atomic mass is 35.5. The summed E-state index contributed by atoms with van der Waals surface area (Å²) in [5.41, 5.74) is 5.39. The fourth-order valence-electron chi connectivity index (χ4n) is 5.61. The fourth-order valence-corrected chi connectivity index (χ4v) is 5.61. The maximum absolute atomic E-state index is 13.2. The van der Waals surface area contributed by atoms with Crippen molar-refractivity contribution in [2.45, 2.75) is 71.4 Å². The molecule has 0 aromatic rings. The Bertz CT molecular complexity index is 474. The molecule has 1 unspecified atom stereocenters. The van der Waals surface area contributed by atoms with Gasteiger partial charge in [0.25, 0.3) is 0 Å². The number of hydrogen-bond acceptors (Lipinski definition) is 3. The van der Waals surface area contributed by atoms with Crippen molar-refractivity contribution in [2.24, 2.45) is 34.8 Å². The highest BCUT2D eigenvalue weighted by Crippen LogP contribution is 2.60. The van der Waals surface area contributed by atoms with E-state index in [0.717, 1.165) is 37.0 Å². The van der Waals surface area contributed by atoms with Gasteiger partial charge in [-0.2, -0.15) is 0 Å². The Kier molecular flexibility index (Phi) is 6.42. The molecule has 25 heavy (non-hydrogen) atoms. The Labute approximate surface area is 157 Å². The Morgan fingerprint density at radius 3 is 1.88 bits per heavy atom. The minimum atomic E-state index is -0.473. The molecule has 4 N–H and O–H groups in total. The number of halogens is 1. The number of carbonyl (C=O) groups is 2. The van der Waals surface area contributed by atoms with E-state index in [-0.39, 0.29) is 41.6 Å². The second-order valence-electron chi connectivity index (χ2n) is 9.04. The molecule has 144 valence electrons. The zero-order valence-electron chi connectivity index (χ0n) is 15.7. The summed E-state index contributed by atoms with van der Waals surface area (Å²) >= 11 is 0. The summed E-state index contributed by atoms with van der Waals surface area (Å²) in [5.74, 6) is 2.26. The molecule has 0 aromatic carbocycles. The molecule has 5 nitrogen and oxygen atoms in total. The summed E-state index contributed by atoms with van der Waals surface area (Å²) in [4.78, 5) is 25.7. The van der Waals surface area contributed by atoms with E-state index in [0.29, 0.717) is 6.54 Å². The van der Waals surface area contributed by atoms with Gasteiger partial charge in [0.1, 0.15) is 6.04 Å². The summed E-state index contributed by atoms with van der Waals surface area (Å²) < 4.78 is 0. The van der Waals surface area contributed by atoms with Crippen molar-refractivity contribution in [1.82, 2.24) is 10.6 Å². The Morgan fingerprint density at radius 2 is 1.48 bits per heavy atom. The molecule has 2 atom stereocenters. The molecule has 4 rings (SSSR count). The molecule has 4 bridgehead atoms. The van der Waals surface area contributed by atoms with Gasteiger partial charge in [0.05, 0.1) is 0 Å². The van der Waals surface area contributed by atoms with Gasteiger partial charge in [0.15, 0.2) is 0 Å². The first kappa shape index (κ1) is 20.5. The van der Waals surface area contributed by atoms with Crippen molar-refractivity contribution in [3.8, 4) is 0 Å². The number of hydrogen-bond donors (Lipinski definition) is 3. The Morgan fingerprint density at radius 1 is 1.00 bits per heavy atom. The fraction of sp³-hybridized carbons (Fsp3) is 0.895. The van der Waals surface area contributed by atoms with Gasteiger partial charge in [-0.05, 0) is 69.1 Å². The quantitative estimate of drug-likeness (QED) is 0.669. The SMILES string of the molecule is CC(C)C(NC(=O)C12CC3CC(CC(C3)C1)C2)C(=O)N[C@@H](C)CN.Cl. The third-order valence-corrected chi connectivity index (χ3v) is 6.50. The lowest BCUT2D eigenvalue weighted by Crippen LogP contribution is -2.59. The number of amides is 2. The van der Waals surface area contributed by atoms with Crippen LogP contribution in [-0.2, 0) is 9.59 Å². The lowest BCUT2D eigenvalue weighted by Gasteiger charge is -2.55. The van der Waals surface area contributed by atoms with Crippen LogP contribution in [0.4, 0.5) is 0 Å². The largest absolute Gasteiger partial charge is 0.351 e. The van der Waals surface area contributed by atoms with Crippen molar-refractivity contribution in [1.29, 1.82) is 0 Å². The normalized spacial score (nSPS) is 35.0. The zero-order chi connectivity index (χ0) is 17.5. The lowest BCUT2D eigenvalue weighted by molar-refractivity contribution is -0.149. The van der Waals surface area contributed by atoms with E-state index < -0.39 is 6.04 Å². The monoisotopic (exact) mass is 371 g/mol. The molecule has 4 aliphatic carbocycles. The van der Waals surface area contributed by atoms with Gasteiger partial charge in [-0.25, -0.2) is 0 Å². The summed E-state index contributed by atoms with van der Waals surface area (Å²) in [5, 5.41) is 6.02. The van der Waals surface area contributed by atoms with Gasteiger partial charge in [0.2, 0.25) is 11.8 Å². The van der Waals surface area contributed by atoms with Gasteiger partial charge >= 0.3 is 0 Å². The number of carbonyl (C=O) groups excluding carboxylic acids is 2. The Balaban J connectivity index is 0.00000225. The smallest absolute Gasteiger partial charge is 0.243 e. The highest BCUT2D eigenvalue weighted by molar-refractivity contribution is 5.90. The van der Waals surface area contributed by atoms with Gasteiger partial charge in [-0.15, -0.1) is 12.4 Å². The van der Waals surface area contributed by atoms with Crippen molar-refractivity contribution in [3.05, 3.63) is 0 Å². The first-order valence-electron chi connectivity index (χ1n) is 9.64. The van der Waals surface area contributed by atoms with Crippen LogP contribution >= 0.6 is 12.4 Å². The molecule has 2 amide bonds. The molecule has 0 aromatic heterocycles. The van der Waals surface area contributed by atoms with E-state index >= 15 is 0 Å². The molecule has 0 heterocycles. The van der Waals surface area contributed by atoms with Gasteiger partial charge in [-0.3, -0.25) is 9.59 Å². The molecule has 4 saturated carbocycles. The average molecular weight is 372 g/mol. The lowest BCUT2D eigenvalue weighted by atomic mass is 9.49. The third kappa shape index (κ3) is 4.13. The second kappa shape index (κ2) is 7.83. The molecule has 0 radical (unpaired) electrons. The first-order chi connectivity index (χ1) is 11.3. The summed E-state index contributed by atoms with van der Waals surface area (Å²) in [6.07, 6.45) is 7.02. The van der Waals surface area contributed by atoms with E-state index in [1.165, 1.54) is 19.3 Å². The van der Waals surface area contributed by atoms with Crippen LogP contribution in [0, 0.1) is 29.1 Å². The minimum Gasteiger partial charge on any atom is -0.351 e. The van der Waals surface area contributed by atoms with Gasteiger partial charge in [-0.1, -0.05) is 13.8 Å². The van der Waals surface area contributed by atoms with Gasteiger partial charge in [0, 0.05) is 18.0 Å². The van der Waals surface area contributed by atoms with Crippen LogP contribution in [0.3, 0.4) is 0 Å². The topological polar surface area (TPSA) is 84.2 Å². The number of rotatable bonds is 6. The third-order valence-electron chi connectivity index (χ3n) is 6.50. The zero-order valence-corrected chi connectivity index (χ0v) is 16.5. The molecular weight excluding hydrogens is 338 g/mol. The summed E-state index contributed by atoms with van der Waals surface area (Å²) in [7, 11) is 0. The van der Waals surface area contributed by atoms with Crippen molar-refractivity contribution < 1.29 is 9.59 Å². The predicted molar refractivity (Wildman–Crippen MR) is 101 cm³/mol. The van der Waals surface area contributed by atoms with Crippen LogP contribution in [0.15, 0.2) is 0 Å². The van der Waals surface area contributed by atoms with Crippen LogP contribution < -0.4 is 16.4 Å². The van der Waals surface area contributed by atoms with Crippen molar-refractivity contribution in [2.75, 3.05) is 6.54 Å². The maximum atomic E-state index is 13.2. The predicted octanol–water partition coefficient (Wildman–Crippen LogP) is 2.23. The molecule has 0 spiro atoms. The molecule has 0 saturated heterocycles. The second-order valence-corrected chi connectivity index (χ2v) is 9.04. The van der Waals surface area contributed by atoms with Crippen LogP contribution in [0.1, 0.15) is 59.3 Å². The van der Waals surface area contributed by atoms with Crippen LogP contribution in [0.25, 0.3) is 0 Å². The van der Waals surface area contributed by atoms with E-state index in [4.69, 9.17) is 5.73 Å². The standard InChI is InChI=1S/C19H33N3O2.ClH/c1-11(2)16(17(23)21-12(3)10-20)22-18(24)19-7-13-4-14(8-19)6-15(5-13)9-19;/h11-16H,4-10,20H2,1-3H3,(H,21,23)(H,22,24);1H/t12-,13?,14?,15?,16?,19?;/m0./s1. The summed E-state index contributed by atoms with van der Waals surface area (Å²) in [6.45, 7) is 6.25. The molecule has 6 heteroatoms.